The fraction of sp³-hybridized carbons (Fsp3) is 0.292. The number of nitriles is 1. The molecule has 1 fully saturated rings. The molecule has 0 bridgehead atoms. The van der Waals surface area contributed by atoms with E-state index in [2.05, 4.69) is 44.9 Å². The van der Waals surface area contributed by atoms with E-state index >= 15 is 0 Å². The van der Waals surface area contributed by atoms with Gasteiger partial charge in [-0.15, -0.1) is 0 Å². The highest BCUT2D eigenvalue weighted by atomic mass is 35.5. The number of aryl methyl sites for hydroxylation is 1. The number of H-pyrrole nitrogens is 2. The minimum Gasteiger partial charge on any atom is -0.363 e. The minimum absolute atomic E-state index is 0.209. The van der Waals surface area contributed by atoms with E-state index in [1.165, 1.54) is 17.3 Å². The van der Waals surface area contributed by atoms with E-state index in [1.54, 1.807) is 6.07 Å². The van der Waals surface area contributed by atoms with Gasteiger partial charge in [-0.05, 0) is 42.7 Å². The van der Waals surface area contributed by atoms with Crippen LogP contribution < -0.4 is 16.1 Å². The molecule has 0 unspecified atom stereocenters. The number of nitrogens with one attached hydrogen (secondary N) is 2. The Bertz CT molecular complexity index is 1280. The lowest BCUT2D eigenvalue weighted by atomic mass is 10.1. The van der Waals surface area contributed by atoms with E-state index in [-0.39, 0.29) is 11.6 Å². The molecule has 0 amide bonds. The van der Waals surface area contributed by atoms with Crippen LogP contribution in [0.4, 0.5) is 5.69 Å². The van der Waals surface area contributed by atoms with Crippen LogP contribution in [0.15, 0.2) is 58.3 Å². The van der Waals surface area contributed by atoms with Gasteiger partial charge in [0, 0.05) is 49.7 Å². The molecule has 3 aromatic rings. The Morgan fingerprint density at radius 3 is 2.75 bits per heavy atom. The Labute approximate surface area is 190 Å². The number of likely N-dealkylation sites (tertiary alicyclic amines) is 1. The van der Waals surface area contributed by atoms with Crippen LogP contribution in [0.3, 0.4) is 0 Å². The molecule has 0 radical (unpaired) electrons. The molecule has 1 aromatic heterocycles. The lowest BCUT2D eigenvalue weighted by Crippen LogP contribution is -2.38. The van der Waals surface area contributed by atoms with Gasteiger partial charge in [0.15, 0.2) is 0 Å². The van der Waals surface area contributed by atoms with Gasteiger partial charge in [-0.1, -0.05) is 35.9 Å². The average Bonchev–Trinajstić information content (AvgIpc) is 3.23. The zero-order valence-electron chi connectivity index (χ0n) is 17.8. The largest absolute Gasteiger partial charge is 0.363 e. The monoisotopic (exact) mass is 449 g/mol. The van der Waals surface area contributed by atoms with Crippen molar-refractivity contribution in [3.05, 3.63) is 96.8 Å². The predicted octanol–water partition coefficient (Wildman–Crippen LogP) is 3.18. The summed E-state index contributed by atoms with van der Waals surface area (Å²) < 4.78 is 0. The molecule has 0 aliphatic carbocycles. The van der Waals surface area contributed by atoms with Crippen LogP contribution in [-0.4, -0.2) is 34.0 Å². The van der Waals surface area contributed by atoms with Gasteiger partial charge in [-0.2, -0.15) is 5.26 Å². The third-order valence-electron chi connectivity index (χ3n) is 5.99. The van der Waals surface area contributed by atoms with Crippen molar-refractivity contribution in [2.24, 2.45) is 0 Å². The van der Waals surface area contributed by atoms with E-state index in [0.29, 0.717) is 29.2 Å². The Kier molecular flexibility index (Phi) is 6.45. The van der Waals surface area contributed by atoms with E-state index in [1.807, 2.05) is 24.3 Å². The van der Waals surface area contributed by atoms with Crippen LogP contribution in [0.2, 0.25) is 5.02 Å². The van der Waals surface area contributed by atoms with Crippen LogP contribution in [0.25, 0.3) is 0 Å². The summed E-state index contributed by atoms with van der Waals surface area (Å²) in [4.78, 5) is 32.7. The Morgan fingerprint density at radius 2 is 2.03 bits per heavy atom. The van der Waals surface area contributed by atoms with Crippen LogP contribution in [0, 0.1) is 18.3 Å². The second-order valence-corrected chi connectivity index (χ2v) is 8.51. The maximum atomic E-state index is 12.1. The van der Waals surface area contributed by atoms with Crippen molar-refractivity contribution >= 4 is 17.3 Å². The van der Waals surface area contributed by atoms with Crippen molar-refractivity contribution in [3.63, 3.8) is 0 Å². The first-order chi connectivity index (χ1) is 15.4. The number of hydrogen-bond acceptors (Lipinski definition) is 5. The Morgan fingerprint density at radius 1 is 1.22 bits per heavy atom. The van der Waals surface area contributed by atoms with E-state index in [0.717, 1.165) is 25.2 Å². The summed E-state index contributed by atoms with van der Waals surface area (Å²) in [6.07, 6.45) is 2.41. The number of nitrogens with zero attached hydrogens (tertiary/aromatic N) is 3. The van der Waals surface area contributed by atoms with E-state index in [9.17, 15) is 14.9 Å². The Balaban J connectivity index is 1.59. The van der Waals surface area contributed by atoms with Gasteiger partial charge in [-0.3, -0.25) is 14.7 Å². The average molecular weight is 450 g/mol. The van der Waals surface area contributed by atoms with E-state index in [4.69, 9.17) is 11.6 Å². The first-order valence-electron chi connectivity index (χ1n) is 10.5. The number of rotatable bonds is 6. The number of aromatic nitrogens is 2. The molecule has 1 atom stereocenters. The van der Waals surface area contributed by atoms with Gasteiger partial charge in [0.05, 0.1) is 10.6 Å². The van der Waals surface area contributed by atoms with Crippen LogP contribution in [0.5, 0.6) is 0 Å². The molecule has 8 heteroatoms. The summed E-state index contributed by atoms with van der Waals surface area (Å²) in [6, 6.07) is 16.2. The van der Waals surface area contributed by atoms with Crippen molar-refractivity contribution in [3.8, 4) is 6.07 Å². The predicted molar refractivity (Wildman–Crippen MR) is 125 cm³/mol. The molecule has 1 saturated heterocycles. The fourth-order valence-corrected chi connectivity index (χ4v) is 4.40. The highest BCUT2D eigenvalue weighted by Crippen LogP contribution is 2.30. The van der Waals surface area contributed by atoms with Crippen molar-refractivity contribution in [1.82, 2.24) is 14.9 Å². The molecule has 2 heterocycles. The first-order valence-corrected chi connectivity index (χ1v) is 10.9. The maximum absolute atomic E-state index is 12.1. The summed E-state index contributed by atoms with van der Waals surface area (Å²) >= 11 is 6.35. The molecule has 7 nitrogen and oxygen atoms in total. The first kappa shape index (κ1) is 21.9. The van der Waals surface area contributed by atoms with E-state index < -0.39 is 5.69 Å². The molecule has 164 valence electrons. The smallest absolute Gasteiger partial charge is 0.325 e. The fourth-order valence-electron chi connectivity index (χ4n) is 4.18. The second kappa shape index (κ2) is 9.43. The molecule has 4 rings (SSSR count). The molecular formula is C24H24ClN5O2. The normalized spacial score (nSPS) is 16.1. The standard InChI is InChI=1S/C24H24ClN5O2/c1-16-4-2-3-5-18(16)14-30(20-7-6-17(11-26)22(25)10-20)21-8-9-29(15-21)13-19-12-27-24(32)28-23(19)31/h2-7,10,12,21H,8-9,13-15H2,1H3,(H2,27,28,31,32)/t21-/m0/s1. The molecular weight excluding hydrogens is 426 g/mol. The number of aromatic amines is 2. The topological polar surface area (TPSA) is 96.0 Å². The van der Waals surface area contributed by atoms with Gasteiger partial charge in [-0.25, -0.2) is 4.79 Å². The van der Waals surface area contributed by atoms with Crippen LogP contribution >= 0.6 is 11.6 Å². The second-order valence-electron chi connectivity index (χ2n) is 8.11. The van der Waals surface area contributed by atoms with Crippen LogP contribution in [-0.2, 0) is 13.1 Å². The number of benzene rings is 2. The molecule has 32 heavy (non-hydrogen) atoms. The highest BCUT2D eigenvalue weighted by Gasteiger charge is 2.29. The van der Waals surface area contributed by atoms with Gasteiger partial charge in [0.25, 0.3) is 5.56 Å². The van der Waals surface area contributed by atoms with Gasteiger partial charge < -0.3 is 9.88 Å². The quantitative estimate of drug-likeness (QED) is 0.602. The minimum atomic E-state index is -0.500. The summed E-state index contributed by atoms with van der Waals surface area (Å²) in [5.74, 6) is 0. The zero-order valence-corrected chi connectivity index (χ0v) is 18.5. The SMILES string of the molecule is Cc1ccccc1CN(c1ccc(C#N)c(Cl)c1)[C@H]1CCN(Cc2c[nH]c(=O)[nH]c2=O)C1. The number of halogens is 1. The van der Waals surface area contributed by atoms with Crippen LogP contribution in [0.1, 0.15) is 28.7 Å². The molecule has 1 aliphatic heterocycles. The van der Waals surface area contributed by atoms with Gasteiger partial charge in [0.2, 0.25) is 0 Å². The third-order valence-corrected chi connectivity index (χ3v) is 6.30. The summed E-state index contributed by atoms with van der Waals surface area (Å²) in [7, 11) is 0. The highest BCUT2D eigenvalue weighted by molar-refractivity contribution is 6.32. The lowest BCUT2D eigenvalue weighted by Gasteiger charge is -2.32. The Hall–Kier alpha value is -3.34. The van der Waals surface area contributed by atoms with Gasteiger partial charge in [0.1, 0.15) is 6.07 Å². The molecule has 0 spiro atoms. The summed E-state index contributed by atoms with van der Waals surface area (Å²) in [5, 5.41) is 9.68. The molecule has 0 saturated carbocycles. The van der Waals surface area contributed by atoms with Crippen molar-refractivity contribution in [2.75, 3.05) is 18.0 Å². The number of hydrogen-bond donors (Lipinski definition) is 2. The third kappa shape index (κ3) is 4.77. The van der Waals surface area contributed by atoms with Crippen molar-refractivity contribution < 1.29 is 0 Å². The van der Waals surface area contributed by atoms with Crippen molar-refractivity contribution in [1.29, 1.82) is 5.26 Å². The summed E-state index contributed by atoms with van der Waals surface area (Å²) in [6.45, 7) is 4.88. The molecule has 2 aromatic carbocycles. The summed E-state index contributed by atoms with van der Waals surface area (Å²) in [5.41, 5.74) is 3.54. The maximum Gasteiger partial charge on any atom is 0.325 e. The van der Waals surface area contributed by atoms with Gasteiger partial charge >= 0.3 is 5.69 Å². The molecule has 2 N–H and O–H groups in total. The van der Waals surface area contributed by atoms with Crippen molar-refractivity contribution in [2.45, 2.75) is 32.5 Å². The zero-order chi connectivity index (χ0) is 22.7. The number of anilines is 1. The lowest BCUT2D eigenvalue weighted by molar-refractivity contribution is 0.322. The molecule has 1 aliphatic rings.